The number of hydrogen-bond donors (Lipinski definition) is 7. The summed E-state index contributed by atoms with van der Waals surface area (Å²) >= 11 is 0. The fourth-order valence-electron chi connectivity index (χ4n) is 4.77. The maximum atomic E-state index is 12.5. The lowest BCUT2D eigenvalue weighted by Gasteiger charge is -2.50. The van der Waals surface area contributed by atoms with Crippen LogP contribution < -0.4 is 25.3 Å². The van der Waals surface area contributed by atoms with Crippen molar-refractivity contribution < 1.29 is 46.9 Å². The molecule has 1 saturated carbocycles. The first-order chi connectivity index (χ1) is 17.9. The molecule has 0 aromatic carbocycles. The molecule has 9 atom stereocenters. The van der Waals surface area contributed by atoms with Crippen molar-refractivity contribution >= 4 is 16.2 Å². The number of hydrogen-bond acceptors (Lipinski definition) is 13. The summed E-state index contributed by atoms with van der Waals surface area (Å²) in [6.07, 6.45) is -3.25. The Morgan fingerprint density at radius 3 is 2.50 bits per heavy atom. The van der Waals surface area contributed by atoms with Gasteiger partial charge in [0.05, 0.1) is 56.2 Å². The number of rotatable bonds is 12. The fourth-order valence-corrected chi connectivity index (χ4v) is 5.13. The topological polar surface area (TPSA) is 224 Å². The monoisotopic (exact) mass is 563 g/mol. The van der Waals surface area contributed by atoms with E-state index in [1.54, 1.807) is 21.0 Å². The van der Waals surface area contributed by atoms with Gasteiger partial charge in [0.1, 0.15) is 18.3 Å². The number of nitrogens with zero attached hydrogens (tertiary/aromatic N) is 1. The minimum Gasteiger partial charge on any atom is -0.394 e. The molecule has 2 aliphatic rings. The second-order valence-corrected chi connectivity index (χ2v) is 10.5. The van der Waals surface area contributed by atoms with Gasteiger partial charge in [-0.15, -0.1) is 0 Å². The molecular formula is C22H37N5O10S. The van der Waals surface area contributed by atoms with Gasteiger partial charge in [0.2, 0.25) is 5.91 Å². The van der Waals surface area contributed by atoms with Crippen LogP contribution in [0.5, 0.6) is 5.75 Å². The zero-order valence-electron chi connectivity index (χ0n) is 21.4. The van der Waals surface area contributed by atoms with Crippen LogP contribution in [0.15, 0.2) is 18.3 Å². The van der Waals surface area contributed by atoms with E-state index in [0.29, 0.717) is 5.69 Å². The molecule has 3 rings (SSSR count). The van der Waals surface area contributed by atoms with E-state index in [1.165, 1.54) is 12.1 Å². The van der Waals surface area contributed by atoms with Crippen LogP contribution in [0.2, 0.25) is 0 Å². The second kappa shape index (κ2) is 13.4. The molecule has 16 heteroatoms. The summed E-state index contributed by atoms with van der Waals surface area (Å²) in [4.78, 5) is 16.4. The zero-order chi connectivity index (χ0) is 28.0. The predicted octanol–water partition coefficient (Wildman–Crippen LogP) is -3.50. The van der Waals surface area contributed by atoms with Crippen LogP contribution in [0.4, 0.5) is 0 Å². The average molecular weight is 564 g/mol. The number of nitrogens with one attached hydrogen (secondary N) is 3. The first kappa shape index (κ1) is 30.6. The van der Waals surface area contributed by atoms with Crippen molar-refractivity contribution in [2.24, 2.45) is 5.14 Å². The zero-order valence-corrected chi connectivity index (χ0v) is 22.2. The van der Waals surface area contributed by atoms with Crippen molar-refractivity contribution in [3.63, 3.8) is 0 Å². The van der Waals surface area contributed by atoms with Gasteiger partial charge in [-0.1, -0.05) is 0 Å². The molecule has 1 aliphatic carbocycles. The molecule has 0 spiro atoms. The summed E-state index contributed by atoms with van der Waals surface area (Å²) in [5, 5.41) is 44.5. The van der Waals surface area contributed by atoms with Crippen molar-refractivity contribution in [3.8, 4) is 5.75 Å². The summed E-state index contributed by atoms with van der Waals surface area (Å²) in [6.45, 7) is 1.48. The molecule has 1 aliphatic heterocycles. The number of nitrogens with two attached hydrogens (primary N) is 1. The van der Waals surface area contributed by atoms with Crippen molar-refractivity contribution in [2.45, 2.75) is 74.7 Å². The number of fused-ring (bicyclic) bond motifs is 1. The quantitative estimate of drug-likeness (QED) is 0.131. The molecule has 1 aromatic heterocycles. The molecule has 0 unspecified atom stereocenters. The Morgan fingerprint density at radius 2 is 1.92 bits per heavy atom. The predicted molar refractivity (Wildman–Crippen MR) is 132 cm³/mol. The maximum Gasteiger partial charge on any atom is 0.380 e. The molecule has 216 valence electrons. The Morgan fingerprint density at radius 1 is 1.21 bits per heavy atom. The van der Waals surface area contributed by atoms with Gasteiger partial charge in [-0.3, -0.25) is 9.78 Å². The van der Waals surface area contributed by atoms with Crippen LogP contribution in [0.1, 0.15) is 19.0 Å². The normalized spacial score (nSPS) is 31.2. The van der Waals surface area contributed by atoms with Gasteiger partial charge in [-0.2, -0.15) is 13.6 Å². The molecule has 2 heterocycles. The lowest BCUT2D eigenvalue weighted by atomic mass is 9.81. The van der Waals surface area contributed by atoms with Crippen molar-refractivity contribution in [3.05, 3.63) is 24.0 Å². The van der Waals surface area contributed by atoms with Crippen LogP contribution in [0, 0.1) is 0 Å². The Balaban J connectivity index is 1.49. The molecule has 1 saturated heterocycles. The number of pyridine rings is 1. The number of aliphatic hydroxyl groups is 3. The van der Waals surface area contributed by atoms with E-state index in [0.717, 1.165) is 6.20 Å². The third kappa shape index (κ3) is 8.01. The highest BCUT2D eigenvalue weighted by Gasteiger charge is 2.53. The molecule has 1 aromatic rings. The lowest BCUT2D eigenvalue weighted by Crippen LogP contribution is -2.73. The van der Waals surface area contributed by atoms with Crippen molar-refractivity contribution in [1.82, 2.24) is 20.9 Å². The SMILES string of the molecule is CN[C@@H]1[C@H](O)[C@H](NC)[C@H]2OC[C@@H](O[C@H](C)C[C@H](CO)NC(=O)Cc3ccc(OS(N)(=O)=O)cn3)O[C@@H]2[C@H]1O. The van der Waals surface area contributed by atoms with E-state index in [-0.39, 0.29) is 31.8 Å². The first-order valence-electron chi connectivity index (χ1n) is 12.2. The van der Waals surface area contributed by atoms with E-state index < -0.39 is 71.1 Å². The average Bonchev–Trinajstić information content (AvgIpc) is 2.85. The highest BCUT2D eigenvalue weighted by atomic mass is 32.2. The number of likely N-dealkylation sites (N-methyl/N-ethyl adjacent to an activating group) is 2. The summed E-state index contributed by atoms with van der Waals surface area (Å²) in [5.41, 5.74) is 0.350. The number of ether oxygens (including phenoxy) is 3. The van der Waals surface area contributed by atoms with Gasteiger partial charge in [0.25, 0.3) is 0 Å². The van der Waals surface area contributed by atoms with E-state index in [4.69, 9.17) is 19.3 Å². The van der Waals surface area contributed by atoms with Crippen LogP contribution in [0.25, 0.3) is 0 Å². The van der Waals surface area contributed by atoms with Crippen LogP contribution in [0.3, 0.4) is 0 Å². The Bertz CT molecular complexity index is 1020. The molecule has 8 N–H and O–H groups in total. The lowest BCUT2D eigenvalue weighted by molar-refractivity contribution is -0.314. The summed E-state index contributed by atoms with van der Waals surface area (Å²) in [5.74, 6) is -0.500. The van der Waals surface area contributed by atoms with E-state index in [1.807, 2.05) is 0 Å². The minimum absolute atomic E-state index is 0.0698. The number of carbonyl (C=O) groups is 1. The van der Waals surface area contributed by atoms with E-state index in [2.05, 4.69) is 25.1 Å². The van der Waals surface area contributed by atoms with Crippen LogP contribution >= 0.6 is 0 Å². The van der Waals surface area contributed by atoms with Crippen molar-refractivity contribution in [1.29, 1.82) is 0 Å². The Kier molecular flexibility index (Phi) is 10.8. The van der Waals surface area contributed by atoms with Gasteiger partial charge in [-0.25, -0.2) is 0 Å². The van der Waals surface area contributed by atoms with Gasteiger partial charge in [0.15, 0.2) is 12.0 Å². The number of aliphatic hydroxyl groups excluding tert-OH is 3. The van der Waals surface area contributed by atoms with E-state index >= 15 is 0 Å². The van der Waals surface area contributed by atoms with Crippen LogP contribution in [-0.4, -0.2) is 117 Å². The van der Waals surface area contributed by atoms with Gasteiger partial charge in [0, 0.05) is 5.69 Å². The molecule has 0 radical (unpaired) electrons. The summed E-state index contributed by atoms with van der Waals surface area (Å²) < 4.78 is 44.2. The fraction of sp³-hybridized carbons (Fsp3) is 0.727. The number of amides is 1. The highest BCUT2D eigenvalue weighted by Crippen LogP contribution is 2.31. The van der Waals surface area contributed by atoms with Gasteiger partial charge in [-0.05, 0) is 39.6 Å². The molecule has 2 fully saturated rings. The molecule has 15 nitrogen and oxygen atoms in total. The van der Waals surface area contributed by atoms with Gasteiger partial charge >= 0.3 is 10.3 Å². The largest absolute Gasteiger partial charge is 0.394 e. The Hall–Kier alpha value is -1.99. The summed E-state index contributed by atoms with van der Waals surface area (Å²) in [6, 6.07) is 1.02. The first-order valence-corrected chi connectivity index (χ1v) is 13.6. The smallest absolute Gasteiger partial charge is 0.380 e. The van der Waals surface area contributed by atoms with Gasteiger partial charge < -0.3 is 49.7 Å². The third-order valence-electron chi connectivity index (χ3n) is 6.46. The standard InChI is InChI=1S/C22H37N5O10S/c1-11(35-16-10-34-21-18(25-3)19(30)17(24-2)20(31)22(21)36-16)6-13(9-28)27-15(29)7-12-4-5-14(8-26-12)37-38(23,32)33/h4-5,8,11,13,16-22,24-25,28,30-31H,6-7,9-10H2,1-3H3,(H,27,29)(H2,23,32,33)/t11-,13-,16+,17-,18+,19+,20+,21-,22-/m1/s1. The molecular weight excluding hydrogens is 526 g/mol. The minimum atomic E-state index is -4.18. The van der Waals surface area contributed by atoms with Crippen molar-refractivity contribution in [2.75, 3.05) is 27.3 Å². The summed E-state index contributed by atoms with van der Waals surface area (Å²) in [7, 11) is -0.842. The molecule has 1 amide bonds. The molecule has 0 bridgehead atoms. The molecule has 38 heavy (non-hydrogen) atoms. The number of aromatic nitrogens is 1. The second-order valence-electron chi connectivity index (χ2n) is 9.31. The van der Waals surface area contributed by atoms with Crippen LogP contribution in [-0.2, 0) is 35.7 Å². The van der Waals surface area contributed by atoms with E-state index in [9.17, 15) is 28.5 Å². The Labute approximate surface area is 221 Å². The number of carbonyl (C=O) groups excluding carboxylic acids is 1. The highest BCUT2D eigenvalue weighted by molar-refractivity contribution is 7.84. The third-order valence-corrected chi connectivity index (χ3v) is 6.88. The maximum absolute atomic E-state index is 12.5.